The summed E-state index contributed by atoms with van der Waals surface area (Å²) in [6.07, 6.45) is 0. The predicted molar refractivity (Wildman–Crippen MR) is 81.7 cm³/mol. The van der Waals surface area contributed by atoms with Crippen LogP contribution in [0.1, 0.15) is 29.8 Å². The Labute approximate surface area is 129 Å². The first-order valence-corrected chi connectivity index (χ1v) is 7.20. The van der Waals surface area contributed by atoms with Crippen LogP contribution >= 0.6 is 0 Å². The van der Waals surface area contributed by atoms with Gasteiger partial charge in [0, 0.05) is 31.3 Å². The normalized spacial score (nSPS) is 20.8. The number of hydrogen-bond acceptors (Lipinski definition) is 3. The van der Waals surface area contributed by atoms with Crippen LogP contribution in [0.2, 0.25) is 0 Å². The van der Waals surface area contributed by atoms with Crippen LogP contribution < -0.4 is 5.32 Å². The highest BCUT2D eigenvalue weighted by molar-refractivity contribution is 5.98. The minimum Gasteiger partial charge on any atom is -0.481 e. The number of hydrogen-bond donors (Lipinski definition) is 2. The van der Waals surface area contributed by atoms with Crippen molar-refractivity contribution in [3.05, 3.63) is 29.3 Å². The van der Waals surface area contributed by atoms with E-state index in [1.54, 1.807) is 23.1 Å². The number of aliphatic carboxylic acids is 1. The Balaban J connectivity index is 2.23. The number of carbonyl (C=O) groups is 3. The molecule has 0 saturated carbocycles. The van der Waals surface area contributed by atoms with Crippen molar-refractivity contribution in [1.29, 1.82) is 0 Å². The average molecular weight is 304 g/mol. The Kier molecular flexibility index (Phi) is 4.49. The summed E-state index contributed by atoms with van der Waals surface area (Å²) in [5, 5.41) is 11.8. The molecule has 118 valence electrons. The van der Waals surface area contributed by atoms with Crippen molar-refractivity contribution in [1.82, 2.24) is 4.90 Å². The predicted octanol–water partition coefficient (Wildman–Crippen LogP) is 1.75. The molecule has 1 aromatic rings. The van der Waals surface area contributed by atoms with E-state index < -0.39 is 11.9 Å². The Bertz CT molecular complexity index is 627. The van der Waals surface area contributed by atoms with Crippen molar-refractivity contribution in [3.63, 3.8) is 0 Å². The lowest BCUT2D eigenvalue weighted by Gasteiger charge is -2.18. The highest BCUT2D eigenvalue weighted by atomic mass is 16.4. The maximum absolute atomic E-state index is 12.6. The van der Waals surface area contributed by atoms with Crippen LogP contribution in [0.4, 0.5) is 5.69 Å². The summed E-state index contributed by atoms with van der Waals surface area (Å²) in [5.74, 6) is -1.86. The topological polar surface area (TPSA) is 86.7 Å². The molecule has 2 N–H and O–H groups in total. The number of nitrogens with zero attached hydrogens (tertiary/aromatic N) is 1. The second-order valence-electron chi connectivity index (χ2n) is 5.84. The van der Waals surface area contributed by atoms with Gasteiger partial charge in [-0.1, -0.05) is 13.0 Å². The van der Waals surface area contributed by atoms with Gasteiger partial charge in [-0.15, -0.1) is 0 Å². The van der Waals surface area contributed by atoms with E-state index in [1.807, 2.05) is 13.8 Å². The van der Waals surface area contributed by atoms with E-state index in [2.05, 4.69) is 5.32 Å². The Morgan fingerprint density at radius 2 is 1.95 bits per heavy atom. The van der Waals surface area contributed by atoms with Crippen LogP contribution in [0.3, 0.4) is 0 Å². The summed E-state index contributed by atoms with van der Waals surface area (Å²) >= 11 is 0. The minimum atomic E-state index is -0.869. The van der Waals surface area contributed by atoms with Crippen molar-refractivity contribution in [2.45, 2.75) is 20.8 Å². The van der Waals surface area contributed by atoms with E-state index in [4.69, 9.17) is 5.11 Å². The van der Waals surface area contributed by atoms with Crippen LogP contribution in [-0.4, -0.2) is 40.9 Å². The van der Waals surface area contributed by atoms with E-state index >= 15 is 0 Å². The van der Waals surface area contributed by atoms with Crippen molar-refractivity contribution in [2.75, 3.05) is 18.4 Å². The molecule has 0 radical (unpaired) electrons. The summed E-state index contributed by atoms with van der Waals surface area (Å²) in [5.41, 5.74) is 1.85. The van der Waals surface area contributed by atoms with Crippen molar-refractivity contribution in [3.8, 4) is 0 Å². The Hall–Kier alpha value is -2.37. The number of amides is 2. The molecule has 1 aliphatic rings. The third kappa shape index (κ3) is 3.27. The number of carboxylic acid groups (broad SMARTS) is 1. The largest absolute Gasteiger partial charge is 0.481 e. The Morgan fingerprint density at radius 3 is 2.50 bits per heavy atom. The smallest absolute Gasteiger partial charge is 0.308 e. The first-order valence-electron chi connectivity index (χ1n) is 7.20. The monoisotopic (exact) mass is 304 g/mol. The fraction of sp³-hybridized carbons (Fsp3) is 0.438. The van der Waals surface area contributed by atoms with Crippen molar-refractivity contribution < 1.29 is 19.5 Å². The second-order valence-corrected chi connectivity index (χ2v) is 5.84. The number of rotatable bonds is 3. The van der Waals surface area contributed by atoms with Crippen LogP contribution in [0, 0.1) is 18.8 Å². The molecule has 22 heavy (non-hydrogen) atoms. The summed E-state index contributed by atoms with van der Waals surface area (Å²) in [6.45, 7) is 5.71. The zero-order chi connectivity index (χ0) is 16.4. The number of benzene rings is 1. The number of nitrogens with one attached hydrogen (secondary N) is 1. The van der Waals surface area contributed by atoms with Gasteiger partial charge >= 0.3 is 5.97 Å². The van der Waals surface area contributed by atoms with Gasteiger partial charge in [0.15, 0.2) is 0 Å². The van der Waals surface area contributed by atoms with Gasteiger partial charge in [-0.3, -0.25) is 14.4 Å². The van der Waals surface area contributed by atoms with Gasteiger partial charge < -0.3 is 15.3 Å². The molecule has 0 bridgehead atoms. The minimum absolute atomic E-state index is 0.0692. The highest BCUT2D eigenvalue weighted by Crippen LogP contribution is 2.26. The number of likely N-dealkylation sites (tertiary alicyclic amines) is 1. The third-order valence-corrected chi connectivity index (χ3v) is 4.01. The summed E-state index contributed by atoms with van der Waals surface area (Å²) in [4.78, 5) is 36.5. The molecule has 1 aromatic carbocycles. The molecule has 2 rings (SSSR count). The zero-order valence-electron chi connectivity index (χ0n) is 12.9. The molecule has 1 fully saturated rings. The lowest BCUT2D eigenvalue weighted by molar-refractivity contribution is -0.142. The van der Waals surface area contributed by atoms with E-state index in [0.717, 1.165) is 5.56 Å². The van der Waals surface area contributed by atoms with Crippen LogP contribution in [-0.2, 0) is 9.59 Å². The lowest BCUT2D eigenvalue weighted by Crippen LogP contribution is -2.30. The van der Waals surface area contributed by atoms with Crippen LogP contribution in [0.15, 0.2) is 18.2 Å². The van der Waals surface area contributed by atoms with E-state index in [9.17, 15) is 14.4 Å². The molecular formula is C16H20N2O4. The van der Waals surface area contributed by atoms with Crippen LogP contribution in [0.25, 0.3) is 0 Å². The fourth-order valence-electron chi connectivity index (χ4n) is 2.76. The molecule has 0 spiro atoms. The van der Waals surface area contributed by atoms with Gasteiger partial charge in [0.2, 0.25) is 5.91 Å². The van der Waals surface area contributed by atoms with Gasteiger partial charge in [-0.2, -0.15) is 0 Å². The summed E-state index contributed by atoms with van der Waals surface area (Å²) in [7, 11) is 0. The highest BCUT2D eigenvalue weighted by Gasteiger charge is 2.37. The van der Waals surface area contributed by atoms with Gasteiger partial charge in [0.05, 0.1) is 5.92 Å². The van der Waals surface area contributed by atoms with Gasteiger partial charge in [-0.25, -0.2) is 0 Å². The molecule has 2 amide bonds. The summed E-state index contributed by atoms with van der Waals surface area (Å²) < 4.78 is 0. The van der Waals surface area contributed by atoms with Crippen molar-refractivity contribution >= 4 is 23.5 Å². The third-order valence-electron chi connectivity index (χ3n) is 4.01. The van der Waals surface area contributed by atoms with E-state index in [0.29, 0.717) is 17.8 Å². The SMILES string of the molecule is CC(=O)Nc1ccc(C)c(C(=O)N2C[C@@H](C)[C@H](C(=O)O)C2)c1. The number of aryl methyl sites for hydroxylation is 1. The number of carboxylic acids is 1. The molecule has 0 aliphatic carbocycles. The quantitative estimate of drug-likeness (QED) is 0.890. The van der Waals surface area contributed by atoms with Gasteiger partial charge in [0.25, 0.3) is 5.91 Å². The molecule has 1 saturated heterocycles. The number of anilines is 1. The zero-order valence-corrected chi connectivity index (χ0v) is 12.9. The standard InChI is InChI=1S/C16H20N2O4/c1-9-4-5-12(17-11(3)19)6-13(9)15(20)18-7-10(2)14(8-18)16(21)22/h4-6,10,14H,7-8H2,1-3H3,(H,17,19)(H,21,22)/t10-,14-/m1/s1. The maximum atomic E-state index is 12.6. The average Bonchev–Trinajstić information content (AvgIpc) is 2.82. The molecule has 2 atom stereocenters. The van der Waals surface area contributed by atoms with Gasteiger partial charge in [0.1, 0.15) is 0 Å². The molecule has 6 nitrogen and oxygen atoms in total. The molecule has 1 aliphatic heterocycles. The van der Waals surface area contributed by atoms with Gasteiger partial charge in [-0.05, 0) is 30.5 Å². The van der Waals surface area contributed by atoms with E-state index in [1.165, 1.54) is 6.92 Å². The molecule has 6 heteroatoms. The molecular weight excluding hydrogens is 284 g/mol. The molecule has 0 unspecified atom stereocenters. The number of carbonyl (C=O) groups excluding carboxylic acids is 2. The summed E-state index contributed by atoms with van der Waals surface area (Å²) in [6, 6.07) is 5.14. The first-order chi connectivity index (χ1) is 10.3. The Morgan fingerprint density at radius 1 is 1.27 bits per heavy atom. The van der Waals surface area contributed by atoms with Crippen molar-refractivity contribution in [2.24, 2.45) is 11.8 Å². The second kappa shape index (κ2) is 6.17. The lowest BCUT2D eigenvalue weighted by atomic mass is 9.99. The fourth-order valence-corrected chi connectivity index (χ4v) is 2.76. The van der Waals surface area contributed by atoms with E-state index in [-0.39, 0.29) is 24.3 Å². The molecule has 1 heterocycles. The first kappa shape index (κ1) is 16.0. The molecule has 0 aromatic heterocycles. The maximum Gasteiger partial charge on any atom is 0.308 e. The van der Waals surface area contributed by atoms with Crippen LogP contribution in [0.5, 0.6) is 0 Å².